The molecule has 6 heteroatoms. The first-order valence-electron chi connectivity index (χ1n) is 8.90. The number of hydrogen-bond acceptors (Lipinski definition) is 6. The third-order valence-electron chi connectivity index (χ3n) is 4.54. The number of nitrogens with zero attached hydrogens (tertiary/aromatic N) is 3. The molecule has 0 unspecified atom stereocenters. The van der Waals surface area contributed by atoms with Gasteiger partial charge in [-0.2, -0.15) is 0 Å². The van der Waals surface area contributed by atoms with Gasteiger partial charge in [-0.05, 0) is 37.6 Å². The van der Waals surface area contributed by atoms with E-state index in [0.29, 0.717) is 5.89 Å². The van der Waals surface area contributed by atoms with Crippen LogP contribution in [0, 0.1) is 0 Å². The van der Waals surface area contributed by atoms with Crippen molar-refractivity contribution in [1.29, 1.82) is 0 Å². The van der Waals surface area contributed by atoms with Crippen molar-refractivity contribution in [3.8, 4) is 16.5 Å². The molecule has 1 atom stereocenters. The molecule has 136 valence electrons. The van der Waals surface area contributed by atoms with Gasteiger partial charge in [0.05, 0.1) is 22.8 Å². The second-order valence-corrected chi connectivity index (χ2v) is 7.51. The Morgan fingerprint density at radius 2 is 2.15 bits per heavy atom. The van der Waals surface area contributed by atoms with E-state index in [-0.39, 0.29) is 6.10 Å². The second-order valence-electron chi connectivity index (χ2n) is 6.56. The van der Waals surface area contributed by atoms with E-state index in [9.17, 15) is 0 Å². The summed E-state index contributed by atoms with van der Waals surface area (Å²) in [5.74, 6) is 1.67. The van der Waals surface area contributed by atoms with Crippen LogP contribution in [0.2, 0.25) is 0 Å². The van der Waals surface area contributed by atoms with Crippen molar-refractivity contribution in [2.45, 2.75) is 19.6 Å². The van der Waals surface area contributed by atoms with Gasteiger partial charge in [0.1, 0.15) is 18.1 Å². The number of benzene rings is 1. The molecule has 3 heterocycles. The molecule has 0 amide bonds. The molecule has 5 nitrogen and oxygen atoms in total. The summed E-state index contributed by atoms with van der Waals surface area (Å²) in [4.78, 5) is 10.3. The van der Waals surface area contributed by atoms with Gasteiger partial charge in [0.25, 0.3) is 0 Å². The van der Waals surface area contributed by atoms with E-state index in [1.807, 2.05) is 23.6 Å². The number of fused-ring (bicyclic) bond motifs is 1. The van der Waals surface area contributed by atoms with Crippen molar-refractivity contribution in [2.75, 3.05) is 31.6 Å². The van der Waals surface area contributed by atoms with Gasteiger partial charge in [-0.3, -0.25) is 4.90 Å². The number of anilines is 1. The molecule has 1 aliphatic heterocycles. The first-order valence-corrected chi connectivity index (χ1v) is 9.78. The fourth-order valence-electron chi connectivity index (χ4n) is 3.36. The number of thiophene rings is 1. The molecule has 26 heavy (non-hydrogen) atoms. The van der Waals surface area contributed by atoms with Gasteiger partial charge in [-0.15, -0.1) is 11.3 Å². The van der Waals surface area contributed by atoms with Crippen molar-refractivity contribution < 1.29 is 9.15 Å². The van der Waals surface area contributed by atoms with Gasteiger partial charge >= 0.3 is 0 Å². The standard InChI is InChI=1S/C20H23N3O2S/c1-3-23-13-16(25-18-8-5-4-7-17(18)23)12-22(2)11-15-14-24-20(21-15)19-9-6-10-26-19/h4-10,14,16H,3,11-13H2,1-2H3/t16-/m1/s1. The summed E-state index contributed by atoms with van der Waals surface area (Å²) in [7, 11) is 2.10. The number of aromatic nitrogens is 1. The maximum absolute atomic E-state index is 6.21. The zero-order chi connectivity index (χ0) is 17.9. The van der Waals surface area contributed by atoms with Gasteiger partial charge in [0.15, 0.2) is 0 Å². The quantitative estimate of drug-likeness (QED) is 0.654. The number of rotatable bonds is 6. The summed E-state index contributed by atoms with van der Waals surface area (Å²) in [6.07, 6.45) is 1.89. The highest BCUT2D eigenvalue weighted by Gasteiger charge is 2.25. The maximum atomic E-state index is 6.21. The molecular formula is C20H23N3O2S. The van der Waals surface area contributed by atoms with Crippen LogP contribution in [0.4, 0.5) is 5.69 Å². The lowest BCUT2D eigenvalue weighted by Crippen LogP contribution is -2.45. The van der Waals surface area contributed by atoms with Crippen LogP contribution < -0.4 is 9.64 Å². The Balaban J connectivity index is 1.39. The monoisotopic (exact) mass is 369 g/mol. The molecule has 0 N–H and O–H groups in total. The normalized spacial score (nSPS) is 16.6. The van der Waals surface area contributed by atoms with E-state index in [4.69, 9.17) is 9.15 Å². The third kappa shape index (κ3) is 3.61. The van der Waals surface area contributed by atoms with Gasteiger partial charge in [-0.25, -0.2) is 4.98 Å². The van der Waals surface area contributed by atoms with Gasteiger partial charge < -0.3 is 14.1 Å². The lowest BCUT2D eigenvalue weighted by atomic mass is 10.2. The molecule has 0 saturated carbocycles. The average molecular weight is 369 g/mol. The van der Waals surface area contributed by atoms with Crippen molar-refractivity contribution >= 4 is 17.0 Å². The molecule has 4 rings (SSSR count). The Morgan fingerprint density at radius 3 is 2.96 bits per heavy atom. The minimum atomic E-state index is 0.138. The Morgan fingerprint density at radius 1 is 1.27 bits per heavy atom. The van der Waals surface area contributed by atoms with Crippen molar-refractivity contribution in [1.82, 2.24) is 9.88 Å². The molecule has 3 aromatic rings. The lowest BCUT2D eigenvalue weighted by Gasteiger charge is -2.37. The molecule has 0 radical (unpaired) electrons. The molecule has 0 saturated heterocycles. The van der Waals surface area contributed by atoms with Crippen LogP contribution in [0.3, 0.4) is 0 Å². The van der Waals surface area contributed by atoms with Crippen LogP contribution in [0.5, 0.6) is 5.75 Å². The van der Waals surface area contributed by atoms with E-state index in [1.165, 1.54) is 5.69 Å². The van der Waals surface area contributed by atoms with Crippen molar-refractivity contribution in [2.24, 2.45) is 0 Å². The summed E-state index contributed by atoms with van der Waals surface area (Å²) in [6, 6.07) is 12.3. The minimum Gasteiger partial charge on any atom is -0.485 e. The Kier molecular flexibility index (Phi) is 4.95. The van der Waals surface area contributed by atoms with E-state index >= 15 is 0 Å². The fourth-order valence-corrected chi connectivity index (χ4v) is 4.01. The molecule has 2 aromatic heterocycles. The smallest absolute Gasteiger partial charge is 0.236 e. The van der Waals surface area contributed by atoms with Crippen LogP contribution in [0.15, 0.2) is 52.5 Å². The van der Waals surface area contributed by atoms with Crippen molar-refractivity contribution in [3.63, 3.8) is 0 Å². The Hall–Kier alpha value is -2.31. The van der Waals surface area contributed by atoms with E-state index in [0.717, 1.165) is 42.5 Å². The third-order valence-corrected chi connectivity index (χ3v) is 5.39. The summed E-state index contributed by atoms with van der Waals surface area (Å²) in [5, 5.41) is 2.03. The van der Waals surface area contributed by atoms with Crippen LogP contribution in [0.1, 0.15) is 12.6 Å². The van der Waals surface area contributed by atoms with Crippen molar-refractivity contribution in [3.05, 3.63) is 53.7 Å². The zero-order valence-corrected chi connectivity index (χ0v) is 15.9. The van der Waals surface area contributed by atoms with Gasteiger partial charge in [-0.1, -0.05) is 18.2 Å². The molecule has 1 aliphatic rings. The number of ether oxygens (including phenoxy) is 1. The molecule has 0 spiro atoms. The SMILES string of the molecule is CCN1C[C@@H](CN(C)Cc2coc(-c3cccs3)n2)Oc2ccccc21. The molecule has 0 bridgehead atoms. The predicted molar refractivity (Wildman–Crippen MR) is 105 cm³/mol. The summed E-state index contributed by atoms with van der Waals surface area (Å²) < 4.78 is 11.8. The number of hydrogen-bond donors (Lipinski definition) is 0. The van der Waals surface area contributed by atoms with Crippen LogP contribution >= 0.6 is 11.3 Å². The highest BCUT2D eigenvalue weighted by Crippen LogP contribution is 2.33. The highest BCUT2D eigenvalue weighted by atomic mass is 32.1. The first-order chi connectivity index (χ1) is 12.7. The summed E-state index contributed by atoms with van der Waals surface area (Å²) in [6.45, 7) is 5.64. The minimum absolute atomic E-state index is 0.138. The fraction of sp³-hybridized carbons (Fsp3) is 0.350. The molecule has 0 fully saturated rings. The van der Waals surface area contributed by atoms with Gasteiger partial charge in [0, 0.05) is 19.6 Å². The number of likely N-dealkylation sites (N-methyl/N-ethyl adjacent to an activating group) is 2. The number of oxazole rings is 1. The second kappa shape index (κ2) is 7.51. The topological polar surface area (TPSA) is 41.7 Å². The van der Waals surface area contributed by atoms with E-state index < -0.39 is 0 Å². The van der Waals surface area contributed by atoms with Gasteiger partial charge in [0.2, 0.25) is 5.89 Å². The largest absolute Gasteiger partial charge is 0.485 e. The number of para-hydroxylation sites is 2. The predicted octanol–water partition coefficient (Wildman–Crippen LogP) is 4.12. The van der Waals surface area contributed by atoms with E-state index in [2.05, 4.69) is 47.0 Å². The Labute approximate surface area is 157 Å². The molecule has 1 aromatic carbocycles. The average Bonchev–Trinajstić information content (AvgIpc) is 3.32. The molecular weight excluding hydrogens is 346 g/mol. The lowest BCUT2D eigenvalue weighted by molar-refractivity contribution is 0.139. The van der Waals surface area contributed by atoms with Crippen LogP contribution in [-0.2, 0) is 6.54 Å². The highest BCUT2D eigenvalue weighted by molar-refractivity contribution is 7.13. The van der Waals surface area contributed by atoms with Crippen LogP contribution in [-0.4, -0.2) is 42.7 Å². The summed E-state index contributed by atoms with van der Waals surface area (Å²) >= 11 is 1.64. The van der Waals surface area contributed by atoms with Crippen LogP contribution in [0.25, 0.3) is 10.8 Å². The van der Waals surface area contributed by atoms with E-state index in [1.54, 1.807) is 17.6 Å². The Bertz CT molecular complexity index is 846. The first kappa shape index (κ1) is 17.1. The molecule has 0 aliphatic carbocycles. The zero-order valence-electron chi connectivity index (χ0n) is 15.1. The summed E-state index contributed by atoms with van der Waals surface area (Å²) in [5.41, 5.74) is 2.13. The maximum Gasteiger partial charge on any atom is 0.236 e.